The zero-order valence-corrected chi connectivity index (χ0v) is 22.1. The summed E-state index contributed by atoms with van der Waals surface area (Å²) in [7, 11) is 5.05. The highest BCUT2D eigenvalue weighted by molar-refractivity contribution is 7.89. The Hall–Kier alpha value is -2.73. The van der Waals surface area contributed by atoms with Gasteiger partial charge in [-0.3, -0.25) is 9.69 Å². The molecule has 0 aliphatic heterocycles. The molecule has 1 heterocycles. The fraction of sp³-hybridized carbons (Fsp3) is 0.417. The minimum absolute atomic E-state index is 0.0656. The molecule has 0 saturated heterocycles. The lowest BCUT2D eigenvalue weighted by atomic mass is 10.2. The fourth-order valence-corrected chi connectivity index (χ4v) is 6.21. The van der Waals surface area contributed by atoms with Gasteiger partial charge in [-0.2, -0.15) is 4.31 Å². The number of fused-ring (bicyclic) bond motifs is 1. The van der Waals surface area contributed by atoms with E-state index in [2.05, 4.69) is 0 Å². The molecule has 1 fully saturated rings. The molecule has 188 valence electrons. The van der Waals surface area contributed by atoms with E-state index in [4.69, 9.17) is 14.5 Å². The van der Waals surface area contributed by atoms with E-state index in [9.17, 15) is 13.2 Å². The molecule has 0 N–H and O–H groups in total. The van der Waals surface area contributed by atoms with Crippen molar-refractivity contribution in [3.05, 3.63) is 42.0 Å². The van der Waals surface area contributed by atoms with E-state index >= 15 is 0 Å². The van der Waals surface area contributed by atoms with Crippen LogP contribution in [0.4, 0.5) is 5.13 Å². The van der Waals surface area contributed by atoms with Crippen LogP contribution in [-0.2, 0) is 10.0 Å². The number of carbonyl (C=O) groups is 1. The molecular weight excluding hydrogens is 488 g/mol. The quantitative estimate of drug-likeness (QED) is 0.407. The molecule has 1 aromatic heterocycles. The fourth-order valence-electron chi connectivity index (χ4n) is 3.70. The highest BCUT2D eigenvalue weighted by Gasteiger charge is 2.35. The molecule has 1 saturated carbocycles. The van der Waals surface area contributed by atoms with Gasteiger partial charge < -0.3 is 14.4 Å². The van der Waals surface area contributed by atoms with Crippen molar-refractivity contribution in [1.29, 1.82) is 0 Å². The number of methoxy groups -OCH3 is 2. The Kier molecular flexibility index (Phi) is 7.32. The molecule has 1 aliphatic carbocycles. The number of aromatic nitrogens is 1. The van der Waals surface area contributed by atoms with Crippen molar-refractivity contribution in [3.8, 4) is 11.5 Å². The van der Waals surface area contributed by atoms with E-state index in [1.807, 2.05) is 25.1 Å². The first-order chi connectivity index (χ1) is 16.7. The van der Waals surface area contributed by atoms with Gasteiger partial charge in [0, 0.05) is 31.7 Å². The summed E-state index contributed by atoms with van der Waals surface area (Å²) in [5.41, 5.74) is 1.01. The first-order valence-corrected chi connectivity index (χ1v) is 13.5. The summed E-state index contributed by atoms with van der Waals surface area (Å²) in [4.78, 5) is 22.1. The summed E-state index contributed by atoms with van der Waals surface area (Å²) < 4.78 is 38.8. The zero-order chi connectivity index (χ0) is 25.3. The molecule has 0 radical (unpaired) electrons. The van der Waals surface area contributed by atoms with Gasteiger partial charge in [-0.05, 0) is 63.3 Å². The summed E-state index contributed by atoms with van der Waals surface area (Å²) >= 11 is 1.35. The van der Waals surface area contributed by atoms with Crippen molar-refractivity contribution in [1.82, 2.24) is 14.2 Å². The Morgan fingerprint density at radius 3 is 2.20 bits per heavy atom. The van der Waals surface area contributed by atoms with Gasteiger partial charge in [-0.15, -0.1) is 0 Å². The summed E-state index contributed by atoms with van der Waals surface area (Å²) in [5, 5.41) is 0.514. The van der Waals surface area contributed by atoms with Crippen LogP contribution in [0.15, 0.2) is 41.3 Å². The SMILES string of the molecule is COc1ccc(OC)c2sc(N(CCN(C)C)C(=O)c3ccc(S(=O)(=O)N(C)C4CC4)cc3)nc12. The van der Waals surface area contributed by atoms with Gasteiger partial charge in [-0.25, -0.2) is 13.4 Å². The number of rotatable bonds is 10. The van der Waals surface area contributed by atoms with Crippen LogP contribution in [0.5, 0.6) is 11.5 Å². The zero-order valence-electron chi connectivity index (χ0n) is 20.5. The number of sulfonamides is 1. The van der Waals surface area contributed by atoms with Gasteiger partial charge in [0.1, 0.15) is 21.7 Å². The van der Waals surface area contributed by atoms with Gasteiger partial charge in [0.25, 0.3) is 5.91 Å². The third-order valence-corrected chi connectivity index (χ3v) is 9.00. The molecule has 2 aromatic carbocycles. The molecule has 0 spiro atoms. The predicted molar refractivity (Wildman–Crippen MR) is 137 cm³/mol. The minimum atomic E-state index is -3.58. The summed E-state index contributed by atoms with van der Waals surface area (Å²) in [6.45, 7) is 1.02. The van der Waals surface area contributed by atoms with Gasteiger partial charge in [0.15, 0.2) is 5.13 Å². The Morgan fingerprint density at radius 1 is 1.00 bits per heavy atom. The third kappa shape index (κ3) is 5.13. The van der Waals surface area contributed by atoms with Gasteiger partial charge in [0.2, 0.25) is 10.0 Å². The highest BCUT2D eigenvalue weighted by Crippen LogP contribution is 2.40. The molecule has 35 heavy (non-hydrogen) atoms. The molecule has 0 atom stereocenters. The van der Waals surface area contributed by atoms with Crippen molar-refractivity contribution in [3.63, 3.8) is 0 Å². The van der Waals surface area contributed by atoms with Crippen LogP contribution in [0.1, 0.15) is 23.2 Å². The summed E-state index contributed by atoms with van der Waals surface area (Å²) in [5.74, 6) is 0.986. The molecule has 9 nitrogen and oxygen atoms in total. The first-order valence-electron chi connectivity index (χ1n) is 11.2. The standard InChI is InChI=1S/C24H30N4O5S2/c1-26(2)14-15-28(24-25-21-19(32-4)12-13-20(33-5)22(21)34-24)23(29)16-6-10-18(11-7-16)35(30,31)27(3)17-8-9-17/h6-7,10-13,17H,8-9,14-15H2,1-5H3. The number of benzene rings is 2. The number of hydrogen-bond acceptors (Lipinski definition) is 8. The second kappa shape index (κ2) is 10.1. The Labute approximate surface area is 209 Å². The van der Waals surface area contributed by atoms with Crippen LogP contribution < -0.4 is 14.4 Å². The van der Waals surface area contributed by atoms with Crippen molar-refractivity contribution in [2.45, 2.75) is 23.8 Å². The van der Waals surface area contributed by atoms with Crippen molar-refractivity contribution >= 4 is 42.6 Å². The van der Waals surface area contributed by atoms with Crippen LogP contribution in [0.2, 0.25) is 0 Å². The normalized spacial score (nSPS) is 14.0. The van der Waals surface area contributed by atoms with Crippen LogP contribution in [0, 0.1) is 0 Å². The Balaban J connectivity index is 1.68. The van der Waals surface area contributed by atoms with E-state index in [1.54, 1.807) is 44.4 Å². The van der Waals surface area contributed by atoms with E-state index in [1.165, 1.54) is 27.8 Å². The molecular formula is C24H30N4O5S2. The van der Waals surface area contributed by atoms with Crippen molar-refractivity contribution < 1.29 is 22.7 Å². The van der Waals surface area contributed by atoms with E-state index in [0.717, 1.165) is 17.5 Å². The minimum Gasteiger partial charge on any atom is -0.495 e. The first kappa shape index (κ1) is 25.4. The number of amides is 1. The van der Waals surface area contributed by atoms with Gasteiger partial charge >= 0.3 is 0 Å². The number of thiazole rings is 1. The molecule has 0 unspecified atom stereocenters. The third-order valence-electron chi connectivity index (χ3n) is 5.99. The predicted octanol–water partition coefficient (Wildman–Crippen LogP) is 3.30. The van der Waals surface area contributed by atoms with Gasteiger partial charge in [0.05, 0.1) is 19.1 Å². The number of hydrogen-bond donors (Lipinski definition) is 0. The van der Waals surface area contributed by atoms with Crippen LogP contribution in [0.25, 0.3) is 10.2 Å². The smallest absolute Gasteiger partial charge is 0.260 e. The number of carbonyl (C=O) groups excluding carboxylic acids is 1. The highest BCUT2D eigenvalue weighted by atomic mass is 32.2. The maximum atomic E-state index is 13.6. The Bertz CT molecular complexity index is 1280. The van der Waals surface area contributed by atoms with Crippen molar-refractivity contribution in [2.24, 2.45) is 0 Å². The average molecular weight is 519 g/mol. The molecule has 1 aliphatic rings. The van der Waals surface area contributed by atoms with Crippen LogP contribution in [0.3, 0.4) is 0 Å². The average Bonchev–Trinajstić information content (AvgIpc) is 3.60. The molecule has 0 bridgehead atoms. The van der Waals surface area contributed by atoms with Crippen molar-refractivity contribution in [2.75, 3.05) is 53.4 Å². The van der Waals surface area contributed by atoms with E-state index in [0.29, 0.717) is 40.8 Å². The van der Waals surface area contributed by atoms with Crippen LogP contribution >= 0.6 is 11.3 Å². The molecule has 4 rings (SSSR count). The lowest BCUT2D eigenvalue weighted by molar-refractivity contribution is 0.0985. The Morgan fingerprint density at radius 2 is 1.63 bits per heavy atom. The second-order valence-corrected chi connectivity index (χ2v) is 11.7. The maximum Gasteiger partial charge on any atom is 0.260 e. The molecule has 1 amide bonds. The van der Waals surface area contributed by atoms with E-state index in [-0.39, 0.29) is 16.8 Å². The number of nitrogens with zero attached hydrogens (tertiary/aromatic N) is 4. The van der Waals surface area contributed by atoms with E-state index < -0.39 is 10.0 Å². The number of ether oxygens (including phenoxy) is 2. The molecule has 3 aromatic rings. The largest absolute Gasteiger partial charge is 0.495 e. The maximum absolute atomic E-state index is 13.6. The monoisotopic (exact) mass is 518 g/mol. The number of likely N-dealkylation sites (N-methyl/N-ethyl adjacent to an activating group) is 1. The lowest BCUT2D eigenvalue weighted by Crippen LogP contribution is -2.36. The second-order valence-electron chi connectivity index (χ2n) is 8.68. The van der Waals surface area contributed by atoms with Gasteiger partial charge in [-0.1, -0.05) is 11.3 Å². The lowest BCUT2D eigenvalue weighted by Gasteiger charge is -2.22. The summed E-state index contributed by atoms with van der Waals surface area (Å²) in [6.07, 6.45) is 1.76. The molecule has 11 heteroatoms. The van der Waals surface area contributed by atoms with Crippen LogP contribution in [-0.4, -0.2) is 83.0 Å². The topological polar surface area (TPSA) is 92.3 Å². The summed E-state index contributed by atoms with van der Waals surface area (Å²) in [6, 6.07) is 9.78. The number of anilines is 1.